The number of unbranched alkanes of at least 4 members (excludes halogenated alkanes) is 1. The van der Waals surface area contributed by atoms with Crippen LogP contribution in [-0.2, 0) is 14.8 Å². The maximum absolute atomic E-state index is 12.0. The first kappa shape index (κ1) is 19.0. The van der Waals surface area contributed by atoms with Crippen molar-refractivity contribution in [1.29, 1.82) is 0 Å². The van der Waals surface area contributed by atoms with Gasteiger partial charge in [-0.15, -0.1) is 0 Å². The summed E-state index contributed by atoms with van der Waals surface area (Å²) in [7, 11) is -3.40. The largest absolute Gasteiger partial charge is 0.354 e. The number of benzene rings is 1. The van der Waals surface area contributed by atoms with E-state index in [4.69, 9.17) is 0 Å². The minimum atomic E-state index is -3.40. The van der Waals surface area contributed by atoms with E-state index in [0.29, 0.717) is 18.7 Å². The number of halogens is 1. The van der Waals surface area contributed by atoms with Crippen molar-refractivity contribution in [3.05, 3.63) is 28.2 Å². The quantitative estimate of drug-likeness (QED) is 0.741. The summed E-state index contributed by atoms with van der Waals surface area (Å²) in [6.45, 7) is 4.40. The van der Waals surface area contributed by atoms with E-state index in [0.717, 1.165) is 22.9 Å². The molecule has 0 spiro atoms. The molecular formula is C15H23BrN2O3S. The molecule has 5 nitrogen and oxygen atoms in total. The molecule has 0 heterocycles. The number of sulfonamides is 1. The van der Waals surface area contributed by atoms with E-state index in [1.165, 1.54) is 10.6 Å². The molecule has 0 saturated carbocycles. The average molecular weight is 391 g/mol. The summed E-state index contributed by atoms with van der Waals surface area (Å²) in [5, 5.41) is 2.77. The number of amides is 1. The molecule has 1 amide bonds. The van der Waals surface area contributed by atoms with E-state index >= 15 is 0 Å². The molecule has 0 aliphatic carbocycles. The molecule has 1 N–H and O–H groups in total. The van der Waals surface area contributed by atoms with Crippen LogP contribution in [0.5, 0.6) is 0 Å². The third-order valence-corrected chi connectivity index (χ3v) is 4.90. The molecule has 1 aromatic carbocycles. The lowest BCUT2D eigenvalue weighted by atomic mass is 10.2. The SMILES string of the molecule is CCCCC(=O)NCCN(c1ccc(Br)cc1C)S(C)(=O)=O. The van der Waals surface area contributed by atoms with Crippen LogP contribution in [0.25, 0.3) is 0 Å². The van der Waals surface area contributed by atoms with E-state index in [1.807, 2.05) is 19.9 Å². The number of carbonyl (C=O) groups is 1. The van der Waals surface area contributed by atoms with Gasteiger partial charge in [-0.1, -0.05) is 29.3 Å². The smallest absolute Gasteiger partial charge is 0.232 e. The van der Waals surface area contributed by atoms with Gasteiger partial charge >= 0.3 is 0 Å². The molecule has 0 saturated heterocycles. The van der Waals surface area contributed by atoms with Gasteiger partial charge in [-0.05, 0) is 37.1 Å². The van der Waals surface area contributed by atoms with Crippen LogP contribution in [0.15, 0.2) is 22.7 Å². The Morgan fingerprint density at radius 1 is 1.36 bits per heavy atom. The van der Waals surface area contributed by atoms with E-state index in [1.54, 1.807) is 12.1 Å². The number of aryl methyl sites for hydroxylation is 1. The Morgan fingerprint density at radius 2 is 2.05 bits per heavy atom. The molecule has 0 bridgehead atoms. The van der Waals surface area contributed by atoms with Crippen LogP contribution in [0.4, 0.5) is 5.69 Å². The third kappa shape index (κ3) is 5.96. The number of rotatable bonds is 8. The number of nitrogens with zero attached hydrogens (tertiary/aromatic N) is 1. The first-order chi connectivity index (χ1) is 10.3. The van der Waals surface area contributed by atoms with Gasteiger partial charge in [-0.25, -0.2) is 8.42 Å². The van der Waals surface area contributed by atoms with E-state index in [-0.39, 0.29) is 12.5 Å². The monoisotopic (exact) mass is 390 g/mol. The van der Waals surface area contributed by atoms with Crippen molar-refractivity contribution in [2.75, 3.05) is 23.7 Å². The highest BCUT2D eigenvalue weighted by Crippen LogP contribution is 2.25. The van der Waals surface area contributed by atoms with Gasteiger partial charge in [0, 0.05) is 17.4 Å². The van der Waals surface area contributed by atoms with Gasteiger partial charge in [0.25, 0.3) is 0 Å². The molecule has 1 rings (SSSR count). The highest BCUT2D eigenvalue weighted by molar-refractivity contribution is 9.10. The first-order valence-corrected chi connectivity index (χ1v) is 9.90. The van der Waals surface area contributed by atoms with E-state index in [2.05, 4.69) is 21.2 Å². The van der Waals surface area contributed by atoms with Gasteiger partial charge in [-0.3, -0.25) is 9.10 Å². The molecule has 0 radical (unpaired) electrons. The highest BCUT2D eigenvalue weighted by atomic mass is 79.9. The Hall–Kier alpha value is -1.08. The summed E-state index contributed by atoms with van der Waals surface area (Å²) < 4.78 is 26.3. The van der Waals surface area contributed by atoms with Crippen molar-refractivity contribution in [3.63, 3.8) is 0 Å². The second kappa shape index (κ2) is 8.53. The number of carbonyl (C=O) groups excluding carboxylic acids is 1. The Morgan fingerprint density at radius 3 is 2.59 bits per heavy atom. The van der Waals surface area contributed by atoms with E-state index in [9.17, 15) is 13.2 Å². The Balaban J connectivity index is 2.77. The number of hydrogen-bond donors (Lipinski definition) is 1. The zero-order valence-electron chi connectivity index (χ0n) is 13.2. The fraction of sp³-hybridized carbons (Fsp3) is 0.533. The Kier molecular flexibility index (Phi) is 7.35. The fourth-order valence-electron chi connectivity index (χ4n) is 2.09. The minimum Gasteiger partial charge on any atom is -0.354 e. The van der Waals surface area contributed by atoms with Gasteiger partial charge in [0.2, 0.25) is 15.9 Å². The molecule has 0 aliphatic rings. The molecule has 7 heteroatoms. The molecular weight excluding hydrogens is 368 g/mol. The normalized spacial score (nSPS) is 11.3. The predicted octanol–water partition coefficient (Wildman–Crippen LogP) is 2.83. The first-order valence-electron chi connectivity index (χ1n) is 7.26. The molecule has 0 aromatic heterocycles. The lowest BCUT2D eigenvalue weighted by molar-refractivity contribution is -0.121. The molecule has 0 unspecified atom stereocenters. The second-order valence-electron chi connectivity index (χ2n) is 5.22. The molecule has 0 fully saturated rings. The van der Waals surface area contributed by atoms with E-state index < -0.39 is 10.0 Å². The van der Waals surface area contributed by atoms with Gasteiger partial charge in [-0.2, -0.15) is 0 Å². The average Bonchev–Trinajstić information content (AvgIpc) is 2.41. The number of anilines is 1. The van der Waals surface area contributed by atoms with Gasteiger partial charge < -0.3 is 5.32 Å². The summed E-state index contributed by atoms with van der Waals surface area (Å²) in [4.78, 5) is 11.6. The summed E-state index contributed by atoms with van der Waals surface area (Å²) in [6, 6.07) is 5.44. The summed E-state index contributed by atoms with van der Waals surface area (Å²) in [5.74, 6) is -0.0390. The highest BCUT2D eigenvalue weighted by Gasteiger charge is 2.19. The van der Waals surface area contributed by atoms with Crippen molar-refractivity contribution in [3.8, 4) is 0 Å². The summed E-state index contributed by atoms with van der Waals surface area (Å²) >= 11 is 3.37. The molecule has 0 atom stereocenters. The van der Waals surface area contributed by atoms with Crippen LogP contribution >= 0.6 is 15.9 Å². The standard InChI is InChI=1S/C15H23BrN2O3S/c1-4-5-6-15(19)17-9-10-18(22(3,20)21)14-8-7-13(16)11-12(14)2/h7-8,11H,4-6,9-10H2,1-3H3,(H,17,19). The molecule has 0 aliphatic heterocycles. The maximum atomic E-state index is 12.0. The van der Waals surface area contributed by atoms with Gasteiger partial charge in [0.1, 0.15) is 0 Å². The van der Waals surface area contributed by atoms with Crippen molar-refractivity contribution < 1.29 is 13.2 Å². The van der Waals surface area contributed by atoms with Crippen LogP contribution in [-0.4, -0.2) is 33.7 Å². The Labute approximate surface area is 141 Å². The Bertz CT molecular complexity index is 617. The maximum Gasteiger partial charge on any atom is 0.232 e. The van der Waals surface area contributed by atoms with Crippen molar-refractivity contribution in [1.82, 2.24) is 5.32 Å². The van der Waals surface area contributed by atoms with Crippen LogP contribution in [0.1, 0.15) is 31.7 Å². The van der Waals surface area contributed by atoms with Crippen LogP contribution in [0.2, 0.25) is 0 Å². The third-order valence-electron chi connectivity index (χ3n) is 3.22. The van der Waals surface area contributed by atoms with Gasteiger partial charge in [0.05, 0.1) is 18.5 Å². The zero-order valence-corrected chi connectivity index (χ0v) is 15.6. The van der Waals surface area contributed by atoms with Crippen molar-refractivity contribution >= 4 is 37.5 Å². The molecule has 1 aromatic rings. The summed E-state index contributed by atoms with van der Waals surface area (Å²) in [6.07, 6.45) is 3.45. The topological polar surface area (TPSA) is 66.5 Å². The molecule has 124 valence electrons. The lowest BCUT2D eigenvalue weighted by Gasteiger charge is -2.24. The second-order valence-corrected chi connectivity index (χ2v) is 8.04. The van der Waals surface area contributed by atoms with Crippen LogP contribution in [0, 0.1) is 6.92 Å². The van der Waals surface area contributed by atoms with Crippen molar-refractivity contribution in [2.45, 2.75) is 33.1 Å². The zero-order chi connectivity index (χ0) is 16.8. The number of hydrogen-bond acceptors (Lipinski definition) is 3. The summed E-state index contributed by atoms with van der Waals surface area (Å²) in [5.41, 5.74) is 1.49. The molecule has 22 heavy (non-hydrogen) atoms. The van der Waals surface area contributed by atoms with Crippen molar-refractivity contribution in [2.24, 2.45) is 0 Å². The van der Waals surface area contributed by atoms with Crippen LogP contribution < -0.4 is 9.62 Å². The predicted molar refractivity (Wildman–Crippen MR) is 93.6 cm³/mol. The van der Waals surface area contributed by atoms with Gasteiger partial charge in [0.15, 0.2) is 0 Å². The minimum absolute atomic E-state index is 0.0390. The fourth-order valence-corrected chi connectivity index (χ4v) is 3.55. The van der Waals surface area contributed by atoms with Crippen LogP contribution in [0.3, 0.4) is 0 Å². The lowest BCUT2D eigenvalue weighted by Crippen LogP contribution is -2.38. The number of nitrogens with one attached hydrogen (secondary N) is 1.